The molecule has 2 aliphatic rings. The highest BCUT2D eigenvalue weighted by atomic mass is 35.5. The number of rotatable bonds is 5. The van der Waals surface area contributed by atoms with Gasteiger partial charge in [0.05, 0.1) is 5.02 Å². The molecule has 0 unspecified atom stereocenters. The van der Waals surface area contributed by atoms with Crippen molar-refractivity contribution < 1.29 is 27.1 Å². The summed E-state index contributed by atoms with van der Waals surface area (Å²) in [5, 5.41) is 0.0240. The Balaban J connectivity index is 1.71. The Morgan fingerprint density at radius 1 is 1.31 bits per heavy atom. The Hall–Kier alpha value is -2.68. The van der Waals surface area contributed by atoms with E-state index in [0.29, 0.717) is 0 Å². The van der Waals surface area contributed by atoms with Gasteiger partial charge in [0.25, 0.3) is 12.4 Å². The average molecular weight is 428 g/mol. The molecule has 1 aromatic heterocycles. The van der Waals surface area contributed by atoms with E-state index >= 15 is 0 Å². The van der Waals surface area contributed by atoms with Gasteiger partial charge >= 0.3 is 0 Å². The third-order valence-corrected chi connectivity index (χ3v) is 5.30. The second-order valence-electron chi connectivity index (χ2n) is 6.97. The highest BCUT2D eigenvalue weighted by molar-refractivity contribution is 6.30. The summed E-state index contributed by atoms with van der Waals surface area (Å²) in [5.74, 6) is -3.24. The first kappa shape index (κ1) is 19.6. The van der Waals surface area contributed by atoms with E-state index in [-0.39, 0.29) is 29.0 Å². The van der Waals surface area contributed by atoms with Crippen LogP contribution in [-0.2, 0) is 16.7 Å². The standard InChI is InChI=1S/C19H14ClF4N3O2/c20-9-5-13(22)16(26-7-9)14(28)4-8-1-2-12(21)10(3-8)19(17(23)24)11-6-15(11)29-18(25)27-19/h1-3,5,7,11,15,17H,4,6H2,(H2,25,27)/t11-,15+,19+/m0/s1. The van der Waals surface area contributed by atoms with Gasteiger partial charge < -0.3 is 10.5 Å². The number of Topliss-reactive ketones (excluding diaryl/α,β-unsaturated/α-hetero) is 1. The summed E-state index contributed by atoms with van der Waals surface area (Å²) < 4.78 is 61.9. The smallest absolute Gasteiger partial charge is 0.283 e. The molecule has 152 valence electrons. The van der Waals surface area contributed by atoms with E-state index in [2.05, 4.69) is 9.98 Å². The fourth-order valence-corrected chi connectivity index (χ4v) is 3.82. The lowest BCUT2D eigenvalue weighted by Crippen LogP contribution is -2.43. The first-order valence-electron chi connectivity index (χ1n) is 8.65. The minimum Gasteiger partial charge on any atom is -0.462 e. The molecule has 4 rings (SSSR count). The van der Waals surface area contributed by atoms with Crippen LogP contribution in [0.2, 0.25) is 5.02 Å². The summed E-state index contributed by atoms with van der Waals surface area (Å²) in [4.78, 5) is 19.9. The molecular formula is C19H14ClF4N3O2. The Morgan fingerprint density at radius 3 is 2.76 bits per heavy atom. The van der Waals surface area contributed by atoms with E-state index in [1.165, 1.54) is 6.07 Å². The van der Waals surface area contributed by atoms with Gasteiger partial charge in [-0.2, -0.15) is 0 Å². The molecule has 0 spiro atoms. The molecule has 0 bridgehead atoms. The number of ketones is 1. The van der Waals surface area contributed by atoms with Gasteiger partial charge in [-0.25, -0.2) is 27.5 Å². The van der Waals surface area contributed by atoms with Gasteiger partial charge in [0.1, 0.15) is 17.6 Å². The van der Waals surface area contributed by atoms with Crippen molar-refractivity contribution in [3.05, 3.63) is 63.9 Å². The number of nitrogens with zero attached hydrogens (tertiary/aromatic N) is 2. The number of alkyl halides is 2. The maximum atomic E-state index is 14.6. The van der Waals surface area contributed by atoms with Gasteiger partial charge in [0, 0.05) is 24.1 Å². The number of hydrogen-bond donors (Lipinski definition) is 1. The number of carbonyl (C=O) groups is 1. The zero-order valence-electron chi connectivity index (χ0n) is 14.7. The number of amidine groups is 1. The van der Waals surface area contributed by atoms with Crippen molar-refractivity contribution in [2.45, 2.75) is 30.9 Å². The largest absolute Gasteiger partial charge is 0.462 e. The molecule has 29 heavy (non-hydrogen) atoms. The second kappa shape index (κ2) is 6.98. The zero-order chi connectivity index (χ0) is 20.9. The van der Waals surface area contributed by atoms with Crippen LogP contribution in [0.3, 0.4) is 0 Å². The van der Waals surface area contributed by atoms with Crippen LogP contribution in [0.15, 0.2) is 35.5 Å². The van der Waals surface area contributed by atoms with Gasteiger partial charge in [0.2, 0.25) is 0 Å². The van der Waals surface area contributed by atoms with Crippen LogP contribution >= 0.6 is 11.6 Å². The Morgan fingerprint density at radius 2 is 2.07 bits per heavy atom. The van der Waals surface area contributed by atoms with Gasteiger partial charge in [-0.1, -0.05) is 17.7 Å². The summed E-state index contributed by atoms with van der Waals surface area (Å²) >= 11 is 5.62. The van der Waals surface area contributed by atoms with Crippen LogP contribution in [0.1, 0.15) is 28.0 Å². The van der Waals surface area contributed by atoms with Crippen LogP contribution in [0.5, 0.6) is 0 Å². The number of benzene rings is 1. The Labute approximate surface area is 167 Å². The Kier molecular flexibility index (Phi) is 4.72. The van der Waals surface area contributed by atoms with Gasteiger partial charge in [-0.15, -0.1) is 0 Å². The van der Waals surface area contributed by atoms with Crippen molar-refractivity contribution >= 4 is 23.4 Å². The molecule has 2 heterocycles. The number of carbonyl (C=O) groups excluding carboxylic acids is 1. The first-order valence-corrected chi connectivity index (χ1v) is 9.03. The fourth-order valence-electron chi connectivity index (χ4n) is 3.68. The van der Waals surface area contributed by atoms with E-state index < -0.39 is 53.1 Å². The molecule has 1 aliphatic heterocycles. The zero-order valence-corrected chi connectivity index (χ0v) is 15.5. The van der Waals surface area contributed by atoms with E-state index in [9.17, 15) is 22.4 Å². The van der Waals surface area contributed by atoms with Crippen LogP contribution in [0, 0.1) is 17.6 Å². The van der Waals surface area contributed by atoms with Gasteiger partial charge in [-0.05, 0) is 30.2 Å². The third kappa shape index (κ3) is 3.33. The summed E-state index contributed by atoms with van der Waals surface area (Å²) in [6.07, 6.45) is -2.60. The molecule has 1 saturated carbocycles. The number of pyridine rings is 1. The minimum atomic E-state index is -3.05. The van der Waals surface area contributed by atoms with Crippen LogP contribution < -0.4 is 5.73 Å². The maximum Gasteiger partial charge on any atom is 0.283 e. The molecule has 3 atom stereocenters. The third-order valence-electron chi connectivity index (χ3n) is 5.10. The molecule has 1 fully saturated rings. The number of nitrogens with two attached hydrogens (primary N) is 1. The highest BCUT2D eigenvalue weighted by Gasteiger charge is 2.64. The van der Waals surface area contributed by atoms with Crippen LogP contribution in [0.4, 0.5) is 17.6 Å². The van der Waals surface area contributed by atoms with Crippen LogP contribution in [0.25, 0.3) is 0 Å². The van der Waals surface area contributed by atoms with E-state index in [0.717, 1.165) is 24.4 Å². The molecule has 0 radical (unpaired) electrons. The fraction of sp³-hybridized carbons (Fsp3) is 0.316. The number of aromatic nitrogens is 1. The molecule has 2 aromatic rings. The minimum absolute atomic E-state index is 0.0240. The SMILES string of the molecule is NC1=N[C@@](c2cc(CC(=O)c3ncc(Cl)cc3F)ccc2F)(C(F)F)[C@H]2C[C@H]2O1. The van der Waals surface area contributed by atoms with E-state index in [1.807, 2.05) is 0 Å². The predicted molar refractivity (Wildman–Crippen MR) is 95.9 cm³/mol. The lowest BCUT2D eigenvalue weighted by Gasteiger charge is -2.33. The normalized spacial score (nSPS) is 25.2. The van der Waals surface area contributed by atoms with E-state index in [1.54, 1.807) is 0 Å². The van der Waals surface area contributed by atoms with E-state index in [4.69, 9.17) is 22.1 Å². The van der Waals surface area contributed by atoms with Crippen LogP contribution in [-0.4, -0.2) is 29.3 Å². The molecule has 0 saturated heterocycles. The summed E-state index contributed by atoms with van der Waals surface area (Å²) in [7, 11) is 0. The monoisotopic (exact) mass is 427 g/mol. The number of ether oxygens (including phenoxy) is 1. The molecule has 5 nitrogen and oxygen atoms in total. The molecular weight excluding hydrogens is 414 g/mol. The van der Waals surface area contributed by atoms with Crippen molar-refractivity contribution in [2.24, 2.45) is 16.6 Å². The first-order chi connectivity index (χ1) is 13.7. The molecule has 1 aliphatic carbocycles. The summed E-state index contributed by atoms with van der Waals surface area (Å²) in [5.41, 5.74) is 2.73. The van der Waals surface area contributed by atoms with Crippen molar-refractivity contribution in [2.75, 3.05) is 0 Å². The quantitative estimate of drug-likeness (QED) is 0.584. The number of fused-ring (bicyclic) bond motifs is 1. The molecule has 1 aromatic carbocycles. The average Bonchev–Trinajstić information content (AvgIpc) is 3.41. The molecule has 0 amide bonds. The summed E-state index contributed by atoms with van der Waals surface area (Å²) in [6, 6.07) is 3.89. The van der Waals surface area contributed by atoms with Crippen molar-refractivity contribution in [3.63, 3.8) is 0 Å². The van der Waals surface area contributed by atoms with Crippen molar-refractivity contribution in [1.29, 1.82) is 0 Å². The topological polar surface area (TPSA) is 77.6 Å². The number of halogens is 5. The van der Waals surface area contributed by atoms with Gasteiger partial charge in [0.15, 0.2) is 17.1 Å². The Bertz CT molecular complexity index is 1030. The van der Waals surface area contributed by atoms with Crippen molar-refractivity contribution in [3.8, 4) is 0 Å². The maximum absolute atomic E-state index is 14.6. The number of hydrogen-bond acceptors (Lipinski definition) is 5. The van der Waals surface area contributed by atoms with Gasteiger partial charge in [-0.3, -0.25) is 4.79 Å². The van der Waals surface area contributed by atoms with Crippen molar-refractivity contribution in [1.82, 2.24) is 4.98 Å². The predicted octanol–water partition coefficient (Wildman–Crippen LogP) is 3.63. The molecule has 10 heteroatoms. The number of aliphatic imine (C=N–C) groups is 1. The lowest BCUT2D eigenvalue weighted by atomic mass is 9.83. The summed E-state index contributed by atoms with van der Waals surface area (Å²) in [6.45, 7) is 0. The lowest BCUT2D eigenvalue weighted by molar-refractivity contribution is 0.0176. The second-order valence-corrected chi connectivity index (χ2v) is 7.41. The highest BCUT2D eigenvalue weighted by Crippen LogP contribution is 2.56. The molecule has 2 N–H and O–H groups in total.